The van der Waals surface area contributed by atoms with Crippen LogP contribution < -0.4 is 15.0 Å². The number of aliphatic imine (C=N–C) groups is 1. The Morgan fingerprint density at radius 3 is 2.59 bits per heavy atom. The van der Waals surface area contributed by atoms with Crippen molar-refractivity contribution in [2.75, 3.05) is 50.8 Å². The Bertz CT molecular complexity index is 679. The molecule has 0 radical (unpaired) electrons. The highest BCUT2D eigenvalue weighted by Gasteiger charge is 2.20. The molecule has 3 rings (SSSR count). The van der Waals surface area contributed by atoms with Gasteiger partial charge in [0, 0.05) is 51.3 Å². The number of rotatable bonds is 6. The molecule has 27 heavy (non-hydrogen) atoms. The van der Waals surface area contributed by atoms with E-state index in [2.05, 4.69) is 42.0 Å². The molecule has 0 saturated carbocycles. The highest BCUT2D eigenvalue weighted by Crippen LogP contribution is 2.10. The first-order valence-electron chi connectivity index (χ1n) is 8.95. The fraction of sp³-hybridized carbons (Fsp3) is 0.444. The Hall–Kier alpha value is -2.17. The molecule has 0 amide bonds. The largest absolute Gasteiger partial charge is 0.490 e. The molecule has 0 spiro atoms. The lowest BCUT2D eigenvalue weighted by Crippen LogP contribution is -2.53. The Balaban J connectivity index is 0.00000261. The topological polar surface area (TPSA) is 78.8 Å². The maximum atomic E-state index is 5.66. The number of ether oxygens (including phenoxy) is 1. The second kappa shape index (κ2) is 11.5. The molecule has 1 fully saturated rings. The predicted octanol–water partition coefficient (Wildman–Crippen LogP) is 1.66. The van der Waals surface area contributed by atoms with Gasteiger partial charge in [0.1, 0.15) is 12.4 Å². The average Bonchev–Trinajstić information content (AvgIpc) is 2.72. The maximum Gasteiger partial charge on any atom is 0.225 e. The third-order valence-electron chi connectivity index (χ3n) is 4.01. The average molecular weight is 483 g/mol. The summed E-state index contributed by atoms with van der Waals surface area (Å²) in [6, 6.07) is 5.59. The van der Waals surface area contributed by atoms with Gasteiger partial charge < -0.3 is 19.9 Å². The SMILES string of the molecule is CCNC(=NCCOc1cccnc1)N1CCN(c2ncccn2)CC1.I. The highest BCUT2D eigenvalue weighted by molar-refractivity contribution is 14.0. The minimum absolute atomic E-state index is 0. The van der Waals surface area contributed by atoms with Gasteiger partial charge >= 0.3 is 0 Å². The number of piperazine rings is 1. The standard InChI is InChI=1S/C18H25N7O.HI/c1-2-20-17(23-9-14-26-16-5-3-6-19-15-16)24-10-12-25(13-11-24)18-21-7-4-8-22-18;/h3-8,15H,2,9-14H2,1H3,(H,20,23);1H. The second-order valence-corrected chi connectivity index (χ2v) is 5.80. The monoisotopic (exact) mass is 483 g/mol. The summed E-state index contributed by atoms with van der Waals surface area (Å²) in [7, 11) is 0. The summed E-state index contributed by atoms with van der Waals surface area (Å²) in [5, 5.41) is 3.36. The minimum Gasteiger partial charge on any atom is -0.490 e. The normalized spacial score (nSPS) is 14.5. The van der Waals surface area contributed by atoms with Crippen LogP contribution in [0.1, 0.15) is 6.92 Å². The summed E-state index contributed by atoms with van der Waals surface area (Å²) < 4.78 is 5.66. The Morgan fingerprint density at radius 1 is 1.15 bits per heavy atom. The second-order valence-electron chi connectivity index (χ2n) is 5.80. The van der Waals surface area contributed by atoms with E-state index in [1.807, 2.05) is 18.2 Å². The maximum absolute atomic E-state index is 5.66. The van der Waals surface area contributed by atoms with Crippen molar-refractivity contribution in [3.63, 3.8) is 0 Å². The van der Waals surface area contributed by atoms with Crippen molar-refractivity contribution >= 4 is 35.9 Å². The zero-order valence-corrected chi connectivity index (χ0v) is 17.8. The van der Waals surface area contributed by atoms with E-state index in [9.17, 15) is 0 Å². The molecule has 0 aromatic carbocycles. The molecule has 1 aliphatic heterocycles. The van der Waals surface area contributed by atoms with Crippen LogP contribution in [0.4, 0.5) is 5.95 Å². The van der Waals surface area contributed by atoms with Crippen LogP contribution in [0.25, 0.3) is 0 Å². The zero-order valence-electron chi connectivity index (χ0n) is 15.5. The van der Waals surface area contributed by atoms with Crippen LogP contribution in [0.2, 0.25) is 0 Å². The molecule has 2 aromatic rings. The van der Waals surface area contributed by atoms with Crippen LogP contribution in [0.5, 0.6) is 5.75 Å². The highest BCUT2D eigenvalue weighted by atomic mass is 127. The number of nitrogens with one attached hydrogen (secondary N) is 1. The number of aromatic nitrogens is 3. The molecule has 0 atom stereocenters. The van der Waals surface area contributed by atoms with Gasteiger partial charge in [-0.25, -0.2) is 15.0 Å². The van der Waals surface area contributed by atoms with Gasteiger partial charge in [0.2, 0.25) is 5.95 Å². The van der Waals surface area contributed by atoms with Gasteiger partial charge in [-0.15, -0.1) is 24.0 Å². The summed E-state index contributed by atoms with van der Waals surface area (Å²) >= 11 is 0. The molecular weight excluding hydrogens is 457 g/mol. The zero-order chi connectivity index (χ0) is 18.0. The first kappa shape index (κ1) is 21.1. The molecule has 0 aliphatic carbocycles. The molecule has 146 valence electrons. The summed E-state index contributed by atoms with van der Waals surface area (Å²) in [6.07, 6.45) is 7.00. The van der Waals surface area contributed by atoms with E-state index in [1.54, 1.807) is 24.8 Å². The Morgan fingerprint density at radius 2 is 1.93 bits per heavy atom. The van der Waals surface area contributed by atoms with Crippen molar-refractivity contribution in [2.24, 2.45) is 4.99 Å². The van der Waals surface area contributed by atoms with E-state index in [4.69, 9.17) is 4.74 Å². The number of hydrogen-bond acceptors (Lipinski definition) is 6. The molecule has 3 heterocycles. The summed E-state index contributed by atoms with van der Waals surface area (Å²) in [5.41, 5.74) is 0. The van der Waals surface area contributed by atoms with Gasteiger partial charge in [-0.1, -0.05) is 0 Å². The summed E-state index contributed by atoms with van der Waals surface area (Å²) in [5.74, 6) is 2.49. The van der Waals surface area contributed by atoms with E-state index in [0.29, 0.717) is 13.2 Å². The van der Waals surface area contributed by atoms with E-state index in [-0.39, 0.29) is 24.0 Å². The quantitative estimate of drug-likeness (QED) is 0.290. The molecular formula is C18H26IN7O. The van der Waals surface area contributed by atoms with E-state index >= 15 is 0 Å². The summed E-state index contributed by atoms with van der Waals surface area (Å²) in [6.45, 7) is 7.56. The van der Waals surface area contributed by atoms with E-state index < -0.39 is 0 Å². The number of halogens is 1. The molecule has 2 aromatic heterocycles. The molecule has 8 nitrogen and oxygen atoms in total. The van der Waals surface area contributed by atoms with E-state index in [1.165, 1.54) is 0 Å². The van der Waals surface area contributed by atoms with Crippen molar-refractivity contribution in [1.82, 2.24) is 25.2 Å². The van der Waals surface area contributed by atoms with Gasteiger partial charge in [-0.05, 0) is 25.1 Å². The fourth-order valence-electron chi connectivity index (χ4n) is 2.75. The van der Waals surface area contributed by atoms with Crippen LogP contribution in [0.3, 0.4) is 0 Å². The molecule has 1 aliphatic rings. The molecule has 1 saturated heterocycles. The summed E-state index contributed by atoms with van der Waals surface area (Å²) in [4.78, 5) is 21.8. The first-order valence-corrected chi connectivity index (χ1v) is 8.95. The van der Waals surface area contributed by atoms with Gasteiger partial charge in [0.25, 0.3) is 0 Å². The van der Waals surface area contributed by atoms with Crippen LogP contribution >= 0.6 is 24.0 Å². The molecule has 0 unspecified atom stereocenters. The Kier molecular flexibility index (Phi) is 9.02. The van der Waals surface area contributed by atoms with Gasteiger partial charge in [0.15, 0.2) is 5.96 Å². The number of anilines is 1. The third-order valence-corrected chi connectivity index (χ3v) is 4.01. The molecule has 0 bridgehead atoms. The lowest BCUT2D eigenvalue weighted by Gasteiger charge is -2.36. The molecule has 1 N–H and O–H groups in total. The molecule has 9 heteroatoms. The number of hydrogen-bond donors (Lipinski definition) is 1. The van der Waals surface area contributed by atoms with Gasteiger partial charge in [-0.2, -0.15) is 0 Å². The van der Waals surface area contributed by atoms with Gasteiger partial charge in [0.05, 0.1) is 12.7 Å². The number of nitrogens with zero attached hydrogens (tertiary/aromatic N) is 6. The smallest absolute Gasteiger partial charge is 0.225 e. The van der Waals surface area contributed by atoms with Crippen LogP contribution in [0, 0.1) is 0 Å². The third kappa shape index (κ3) is 6.49. The predicted molar refractivity (Wildman–Crippen MR) is 117 cm³/mol. The van der Waals surface area contributed by atoms with Gasteiger partial charge in [-0.3, -0.25) is 4.98 Å². The number of pyridine rings is 1. The first-order chi connectivity index (χ1) is 12.9. The van der Waals surface area contributed by atoms with Crippen LogP contribution in [-0.2, 0) is 0 Å². The lowest BCUT2D eigenvalue weighted by atomic mass is 10.3. The van der Waals surface area contributed by atoms with Crippen LogP contribution in [0.15, 0.2) is 48.0 Å². The Labute approximate surface area is 177 Å². The number of guanidine groups is 1. The van der Waals surface area contributed by atoms with Crippen molar-refractivity contribution in [3.05, 3.63) is 43.0 Å². The van der Waals surface area contributed by atoms with Crippen molar-refractivity contribution in [2.45, 2.75) is 6.92 Å². The van der Waals surface area contributed by atoms with E-state index in [0.717, 1.165) is 50.4 Å². The lowest BCUT2D eigenvalue weighted by molar-refractivity contribution is 0.324. The fourth-order valence-corrected chi connectivity index (χ4v) is 2.75. The van der Waals surface area contributed by atoms with Crippen LogP contribution in [-0.4, -0.2) is 71.7 Å². The minimum atomic E-state index is 0. The van der Waals surface area contributed by atoms with Crippen molar-refractivity contribution < 1.29 is 4.74 Å². The van der Waals surface area contributed by atoms with Crippen molar-refractivity contribution in [3.8, 4) is 5.75 Å². The van der Waals surface area contributed by atoms with Crippen molar-refractivity contribution in [1.29, 1.82) is 0 Å².